The van der Waals surface area contributed by atoms with Crippen LogP contribution in [0.15, 0.2) is 194 Å². The van der Waals surface area contributed by atoms with E-state index in [0.29, 0.717) is 0 Å². The second-order valence-electron chi connectivity index (χ2n) is 12.2. The quantitative estimate of drug-likeness (QED) is 0.174. The molecule has 0 bridgehead atoms. The van der Waals surface area contributed by atoms with Crippen molar-refractivity contribution in [2.45, 2.75) is 13.8 Å². The maximum Gasteiger partial charge on any atom is 0.143 e. The summed E-state index contributed by atoms with van der Waals surface area (Å²) in [5.41, 5.74) is 12.4. The molecule has 242 valence electrons. The largest absolute Gasteiger partial charge is 0.455 e. The Bertz CT molecular complexity index is 2540. The molecule has 2 heterocycles. The van der Waals surface area contributed by atoms with Crippen molar-refractivity contribution in [2.75, 3.05) is 0 Å². The molecule has 0 spiro atoms. The summed E-state index contributed by atoms with van der Waals surface area (Å²) >= 11 is 0. The van der Waals surface area contributed by atoms with Gasteiger partial charge in [0.15, 0.2) is 0 Å². The number of benzene rings is 7. The van der Waals surface area contributed by atoms with Gasteiger partial charge in [-0.1, -0.05) is 133 Å². The Morgan fingerprint density at radius 2 is 0.920 bits per heavy atom. The second-order valence-corrected chi connectivity index (χ2v) is 12.2. The van der Waals surface area contributed by atoms with Crippen molar-refractivity contribution in [1.29, 1.82) is 0 Å². The highest BCUT2D eigenvalue weighted by atomic mass is 16.3. The van der Waals surface area contributed by atoms with Crippen molar-refractivity contribution >= 4 is 43.7 Å². The molecule has 0 unspecified atom stereocenters. The minimum atomic E-state index is 0.892. The van der Waals surface area contributed by atoms with E-state index in [1.807, 2.05) is 13.8 Å². The third-order valence-corrected chi connectivity index (χ3v) is 8.80. The fraction of sp³-hybridized carbons (Fsp3) is 0.0417. The molecule has 0 N–H and O–H groups in total. The van der Waals surface area contributed by atoms with Crippen LogP contribution in [0.25, 0.3) is 82.8 Å². The van der Waals surface area contributed by atoms with E-state index in [0.717, 1.165) is 38.8 Å². The number of hydrogen-bond acceptors (Lipinski definition) is 1. The molecule has 2 nitrogen and oxygen atoms in total. The van der Waals surface area contributed by atoms with Gasteiger partial charge in [-0.3, -0.25) is 0 Å². The Morgan fingerprint density at radius 1 is 0.440 bits per heavy atom. The molecule has 9 rings (SSSR count). The first-order valence-electron chi connectivity index (χ1n) is 17.0. The maximum atomic E-state index is 6.60. The van der Waals surface area contributed by atoms with Gasteiger partial charge in [0.1, 0.15) is 11.2 Å². The topological polar surface area (TPSA) is 18.1 Å². The molecule has 0 radical (unpaired) electrons. The first kappa shape index (κ1) is 32.2. The van der Waals surface area contributed by atoms with Crippen LogP contribution in [0, 0.1) is 0 Å². The van der Waals surface area contributed by atoms with Crippen LogP contribution in [0.1, 0.15) is 13.8 Å². The summed E-state index contributed by atoms with van der Waals surface area (Å²) in [6.45, 7) is 10.5. The number of nitrogens with zero attached hydrogens (tertiary/aromatic N) is 1. The first-order chi connectivity index (χ1) is 24.6. The van der Waals surface area contributed by atoms with Crippen LogP contribution >= 0.6 is 0 Å². The van der Waals surface area contributed by atoms with E-state index >= 15 is 0 Å². The molecule has 7 aromatic carbocycles. The zero-order valence-electron chi connectivity index (χ0n) is 28.5. The summed E-state index contributed by atoms with van der Waals surface area (Å²) < 4.78 is 8.96. The van der Waals surface area contributed by atoms with Gasteiger partial charge in [-0.2, -0.15) is 0 Å². The number of hydrogen-bond donors (Lipinski definition) is 0. The molecule has 0 amide bonds. The number of furan rings is 1. The number of aromatic nitrogens is 1. The SMILES string of the molecule is C=CC.C=CC.c1ccc(-c2cccc(-c3cccc(-c4cccc5c4oc4ccc(-n6c7ccccc7c7ccccc76)cc45)c3)c2)cc1. The fourth-order valence-electron chi connectivity index (χ4n) is 6.73. The smallest absolute Gasteiger partial charge is 0.143 e. The van der Waals surface area contributed by atoms with Crippen LogP contribution in [-0.4, -0.2) is 4.57 Å². The predicted molar refractivity (Wildman–Crippen MR) is 216 cm³/mol. The van der Waals surface area contributed by atoms with Crippen molar-refractivity contribution in [2.24, 2.45) is 0 Å². The summed E-state index contributed by atoms with van der Waals surface area (Å²) in [5, 5.41) is 4.76. The Labute approximate surface area is 293 Å². The van der Waals surface area contributed by atoms with Gasteiger partial charge in [0.2, 0.25) is 0 Å². The molecule has 0 saturated carbocycles. The van der Waals surface area contributed by atoms with Gasteiger partial charge in [0, 0.05) is 32.8 Å². The molecule has 0 aliphatic rings. The first-order valence-corrected chi connectivity index (χ1v) is 17.0. The van der Waals surface area contributed by atoms with Gasteiger partial charge in [-0.25, -0.2) is 0 Å². The molecule has 0 saturated heterocycles. The lowest BCUT2D eigenvalue weighted by Crippen LogP contribution is -1.93. The van der Waals surface area contributed by atoms with E-state index in [1.54, 1.807) is 12.2 Å². The Balaban J connectivity index is 0.000000613. The number of fused-ring (bicyclic) bond motifs is 6. The molecule has 0 atom stereocenters. The van der Waals surface area contributed by atoms with Gasteiger partial charge in [0.25, 0.3) is 0 Å². The average molecular weight is 646 g/mol. The van der Waals surface area contributed by atoms with Crippen molar-refractivity contribution in [3.8, 4) is 39.1 Å². The average Bonchev–Trinajstić information content (AvgIpc) is 3.71. The summed E-state index contributed by atoms with van der Waals surface area (Å²) in [4.78, 5) is 0. The lowest BCUT2D eigenvalue weighted by atomic mass is 9.95. The molecule has 0 fully saturated rings. The summed E-state index contributed by atoms with van der Waals surface area (Å²) in [6, 6.07) is 58.4. The minimum absolute atomic E-state index is 0.892. The van der Waals surface area contributed by atoms with Crippen molar-refractivity contribution in [3.63, 3.8) is 0 Å². The highest BCUT2D eigenvalue weighted by Gasteiger charge is 2.16. The molecule has 2 aromatic heterocycles. The monoisotopic (exact) mass is 645 g/mol. The van der Waals surface area contributed by atoms with Gasteiger partial charge < -0.3 is 8.98 Å². The Hall–Kier alpha value is -6.38. The normalized spacial score (nSPS) is 10.8. The third-order valence-electron chi connectivity index (χ3n) is 8.80. The van der Waals surface area contributed by atoms with E-state index in [-0.39, 0.29) is 0 Å². The maximum absolute atomic E-state index is 6.60. The van der Waals surface area contributed by atoms with E-state index < -0.39 is 0 Å². The van der Waals surface area contributed by atoms with Crippen LogP contribution in [0.2, 0.25) is 0 Å². The number of allylic oxidation sites excluding steroid dienone is 2. The van der Waals surface area contributed by atoms with Crippen molar-refractivity contribution in [3.05, 3.63) is 189 Å². The molecule has 0 aliphatic carbocycles. The number of para-hydroxylation sites is 3. The second kappa shape index (κ2) is 14.4. The van der Waals surface area contributed by atoms with Crippen LogP contribution in [0.3, 0.4) is 0 Å². The fourth-order valence-corrected chi connectivity index (χ4v) is 6.73. The summed E-state index contributed by atoms with van der Waals surface area (Å²) in [5.74, 6) is 0. The van der Waals surface area contributed by atoms with Crippen LogP contribution in [-0.2, 0) is 0 Å². The molecule has 2 heteroatoms. The molecular formula is C48H39NO. The van der Waals surface area contributed by atoms with Crippen LogP contribution in [0.4, 0.5) is 0 Å². The lowest BCUT2D eigenvalue weighted by Gasteiger charge is -2.09. The highest BCUT2D eigenvalue weighted by Crippen LogP contribution is 2.39. The minimum Gasteiger partial charge on any atom is -0.455 e. The zero-order chi connectivity index (χ0) is 34.5. The van der Waals surface area contributed by atoms with E-state index in [1.165, 1.54) is 44.1 Å². The Kier molecular flexibility index (Phi) is 9.26. The number of rotatable bonds is 4. The van der Waals surface area contributed by atoms with E-state index in [4.69, 9.17) is 4.42 Å². The summed E-state index contributed by atoms with van der Waals surface area (Å²) in [7, 11) is 0. The zero-order valence-corrected chi connectivity index (χ0v) is 28.5. The lowest BCUT2D eigenvalue weighted by molar-refractivity contribution is 0.670. The molecule has 0 aliphatic heterocycles. The van der Waals surface area contributed by atoms with Gasteiger partial charge >= 0.3 is 0 Å². The van der Waals surface area contributed by atoms with Crippen molar-refractivity contribution in [1.82, 2.24) is 4.57 Å². The Morgan fingerprint density at radius 3 is 1.56 bits per heavy atom. The van der Waals surface area contributed by atoms with Crippen molar-refractivity contribution < 1.29 is 4.42 Å². The van der Waals surface area contributed by atoms with Crippen LogP contribution < -0.4 is 0 Å². The summed E-state index contributed by atoms with van der Waals surface area (Å²) in [6.07, 6.45) is 3.50. The third kappa shape index (κ3) is 6.04. The van der Waals surface area contributed by atoms with Crippen LogP contribution in [0.5, 0.6) is 0 Å². The van der Waals surface area contributed by atoms with Gasteiger partial charge in [-0.15, -0.1) is 13.2 Å². The molecular weight excluding hydrogens is 607 g/mol. The predicted octanol–water partition coefficient (Wildman–Crippen LogP) is 14.1. The molecule has 9 aromatic rings. The highest BCUT2D eigenvalue weighted by molar-refractivity contribution is 6.12. The standard InChI is InChI=1S/C42H27NO.2C3H6/c1-2-11-28(12-3-1)29-13-8-14-30(25-29)31-15-9-16-32(26-31)34-19-10-20-37-38-27-33(23-24-41(38)44-42(34)37)43-39-21-6-4-17-35(39)36-18-5-7-22-40(36)43;2*1-3-2/h1-27H;2*3H,1H2,2H3. The van der Waals surface area contributed by atoms with Gasteiger partial charge in [0.05, 0.1) is 11.0 Å². The van der Waals surface area contributed by atoms with Gasteiger partial charge in [-0.05, 0) is 84.1 Å². The molecule has 50 heavy (non-hydrogen) atoms. The van der Waals surface area contributed by atoms with E-state index in [2.05, 4.69) is 182 Å². The van der Waals surface area contributed by atoms with E-state index in [9.17, 15) is 0 Å².